The van der Waals surface area contributed by atoms with E-state index in [2.05, 4.69) is 47.7 Å². The minimum Gasteiger partial charge on any atom is -0.354 e. The minimum atomic E-state index is 0.0159. The number of carbonyl (C=O) groups is 1. The molecule has 0 spiro atoms. The summed E-state index contributed by atoms with van der Waals surface area (Å²) in [5.41, 5.74) is 3.90. The zero-order valence-corrected chi connectivity index (χ0v) is 20.8. The van der Waals surface area contributed by atoms with Gasteiger partial charge in [-0.15, -0.1) is 0 Å². The molecule has 0 aliphatic carbocycles. The molecule has 3 heterocycles. The maximum Gasteiger partial charge on any atom is 0.226 e. The summed E-state index contributed by atoms with van der Waals surface area (Å²) in [6.07, 6.45) is 7.69. The number of likely N-dealkylation sites (N-methyl/N-ethyl adjacent to an activating group) is 1. The SMILES string of the molecule is C/C=C(C(C)=O)\C(=C/C)C1=NC(N(CC)CC)=N/C1=C\c1ccc(N2CCN(C)CC2)nc1. The number of rotatable bonds is 7. The molecule has 176 valence electrons. The van der Waals surface area contributed by atoms with Crippen LogP contribution in [0, 0.1) is 0 Å². The summed E-state index contributed by atoms with van der Waals surface area (Å²) in [6.45, 7) is 15.3. The molecule has 7 heteroatoms. The highest BCUT2D eigenvalue weighted by molar-refractivity contribution is 6.27. The van der Waals surface area contributed by atoms with Crippen LogP contribution in [-0.2, 0) is 4.79 Å². The Kier molecular flexibility index (Phi) is 8.33. The van der Waals surface area contributed by atoms with Crippen LogP contribution in [-0.4, -0.2) is 78.6 Å². The van der Waals surface area contributed by atoms with Gasteiger partial charge >= 0.3 is 0 Å². The second-order valence-electron chi connectivity index (χ2n) is 8.28. The molecule has 1 aromatic rings. The van der Waals surface area contributed by atoms with Crippen LogP contribution < -0.4 is 4.90 Å². The highest BCUT2D eigenvalue weighted by Crippen LogP contribution is 2.26. The number of allylic oxidation sites excluding steroid dienone is 4. The van der Waals surface area contributed by atoms with Gasteiger partial charge in [0.05, 0.1) is 5.70 Å². The van der Waals surface area contributed by atoms with E-state index in [4.69, 9.17) is 15.0 Å². The fraction of sp³-hybridized carbons (Fsp3) is 0.462. The van der Waals surface area contributed by atoms with Crippen LogP contribution in [0.4, 0.5) is 5.82 Å². The number of Topliss-reactive ketones (excluding diaryl/α,β-unsaturated/α-hetero) is 1. The van der Waals surface area contributed by atoms with Crippen LogP contribution in [0.1, 0.15) is 40.2 Å². The van der Waals surface area contributed by atoms with Crippen LogP contribution in [0.2, 0.25) is 0 Å². The first kappa shape index (κ1) is 24.6. The number of aliphatic imine (C=N–C) groups is 2. The average molecular weight is 449 g/mol. The normalized spacial score (nSPS) is 19.1. The molecule has 1 saturated heterocycles. The number of nitrogens with zero attached hydrogens (tertiary/aromatic N) is 6. The Morgan fingerprint density at radius 3 is 2.27 bits per heavy atom. The van der Waals surface area contributed by atoms with Crippen molar-refractivity contribution in [2.24, 2.45) is 9.98 Å². The molecule has 0 radical (unpaired) electrons. The molecule has 0 N–H and O–H groups in total. The number of carbonyl (C=O) groups excluding carboxylic acids is 1. The molecular formula is C26H36N6O. The number of piperazine rings is 1. The molecule has 7 nitrogen and oxygen atoms in total. The van der Waals surface area contributed by atoms with Gasteiger partial charge < -0.3 is 14.7 Å². The summed E-state index contributed by atoms with van der Waals surface area (Å²) in [6, 6.07) is 4.15. The second kappa shape index (κ2) is 11.2. The van der Waals surface area contributed by atoms with Gasteiger partial charge in [-0.2, -0.15) is 0 Å². The van der Waals surface area contributed by atoms with Gasteiger partial charge in [0.1, 0.15) is 11.5 Å². The van der Waals surface area contributed by atoms with Crippen molar-refractivity contribution in [3.63, 3.8) is 0 Å². The van der Waals surface area contributed by atoms with Gasteiger partial charge in [0.15, 0.2) is 5.78 Å². The van der Waals surface area contributed by atoms with E-state index in [1.807, 2.05) is 38.3 Å². The molecule has 3 rings (SSSR count). The second-order valence-corrected chi connectivity index (χ2v) is 8.28. The van der Waals surface area contributed by atoms with Crippen LogP contribution in [0.3, 0.4) is 0 Å². The van der Waals surface area contributed by atoms with Gasteiger partial charge in [0.2, 0.25) is 5.96 Å². The molecule has 1 aromatic heterocycles. The predicted molar refractivity (Wildman–Crippen MR) is 138 cm³/mol. The third kappa shape index (κ3) is 5.66. The van der Waals surface area contributed by atoms with Crippen LogP contribution in [0.25, 0.3) is 6.08 Å². The van der Waals surface area contributed by atoms with Gasteiger partial charge in [0, 0.05) is 56.6 Å². The number of anilines is 1. The maximum atomic E-state index is 12.3. The number of ketones is 1. The third-order valence-electron chi connectivity index (χ3n) is 6.12. The average Bonchev–Trinajstić information content (AvgIpc) is 3.22. The van der Waals surface area contributed by atoms with Crippen molar-refractivity contribution >= 4 is 29.3 Å². The van der Waals surface area contributed by atoms with Gasteiger partial charge in [0.25, 0.3) is 0 Å². The highest BCUT2D eigenvalue weighted by Gasteiger charge is 2.25. The van der Waals surface area contributed by atoms with Crippen molar-refractivity contribution in [2.75, 3.05) is 51.2 Å². The van der Waals surface area contributed by atoms with Gasteiger partial charge in [-0.25, -0.2) is 15.0 Å². The Hall–Kier alpha value is -3.06. The van der Waals surface area contributed by atoms with Crippen molar-refractivity contribution in [1.29, 1.82) is 0 Å². The van der Waals surface area contributed by atoms with Crippen LogP contribution in [0.15, 0.2) is 57.3 Å². The van der Waals surface area contributed by atoms with Crippen molar-refractivity contribution in [1.82, 2.24) is 14.8 Å². The number of guanidine groups is 1. The number of pyridine rings is 1. The Balaban J connectivity index is 1.95. The first-order valence-electron chi connectivity index (χ1n) is 11.8. The molecule has 0 amide bonds. The molecule has 33 heavy (non-hydrogen) atoms. The highest BCUT2D eigenvalue weighted by atomic mass is 16.1. The summed E-state index contributed by atoms with van der Waals surface area (Å²) in [5.74, 6) is 1.70. The van der Waals surface area contributed by atoms with E-state index in [0.29, 0.717) is 11.5 Å². The molecule has 0 saturated carbocycles. The molecule has 0 unspecified atom stereocenters. The smallest absolute Gasteiger partial charge is 0.226 e. The first-order chi connectivity index (χ1) is 15.9. The lowest BCUT2D eigenvalue weighted by Crippen LogP contribution is -2.44. The minimum absolute atomic E-state index is 0.0159. The standard InChI is InChI=1S/C26H36N6O/c1-7-21(19(5)33)22(8-2)25-23(28-26(29-25)31(9-3)10-4)17-20-11-12-24(27-18-20)32-15-13-30(6)14-16-32/h7-8,11-12,17-18H,9-10,13-16H2,1-6H3/b21-7-,22-8+,23-17-. The number of hydrogen-bond donors (Lipinski definition) is 0. The Labute approximate surface area is 197 Å². The maximum absolute atomic E-state index is 12.3. The molecule has 2 aliphatic rings. The quantitative estimate of drug-likeness (QED) is 0.469. The zero-order valence-electron chi connectivity index (χ0n) is 20.8. The summed E-state index contributed by atoms with van der Waals surface area (Å²) in [4.78, 5) is 33.5. The van der Waals surface area contributed by atoms with E-state index >= 15 is 0 Å². The monoisotopic (exact) mass is 448 g/mol. The topological polar surface area (TPSA) is 64.4 Å². The van der Waals surface area contributed by atoms with E-state index in [0.717, 1.165) is 67.6 Å². The van der Waals surface area contributed by atoms with E-state index in [1.54, 1.807) is 6.92 Å². The summed E-state index contributed by atoms with van der Waals surface area (Å²) in [7, 11) is 2.15. The zero-order chi connectivity index (χ0) is 24.0. The van der Waals surface area contributed by atoms with Crippen LogP contribution in [0.5, 0.6) is 0 Å². The molecule has 0 bridgehead atoms. The lowest BCUT2D eigenvalue weighted by Gasteiger charge is -2.33. The van der Waals surface area contributed by atoms with Gasteiger partial charge in [-0.1, -0.05) is 12.2 Å². The predicted octanol–water partition coefficient (Wildman–Crippen LogP) is 3.81. The fourth-order valence-corrected chi connectivity index (χ4v) is 4.12. The Morgan fingerprint density at radius 2 is 1.76 bits per heavy atom. The third-order valence-corrected chi connectivity index (χ3v) is 6.12. The molecular weight excluding hydrogens is 412 g/mol. The Bertz CT molecular complexity index is 1000. The molecule has 0 aromatic carbocycles. The van der Waals surface area contributed by atoms with E-state index < -0.39 is 0 Å². The van der Waals surface area contributed by atoms with Crippen molar-refractivity contribution in [2.45, 2.75) is 34.6 Å². The molecule has 0 atom stereocenters. The van der Waals surface area contributed by atoms with E-state index in [-0.39, 0.29) is 5.78 Å². The molecule has 2 aliphatic heterocycles. The molecule has 1 fully saturated rings. The Morgan fingerprint density at radius 1 is 1.06 bits per heavy atom. The number of hydrogen-bond acceptors (Lipinski definition) is 7. The fourth-order valence-electron chi connectivity index (χ4n) is 4.12. The van der Waals surface area contributed by atoms with Gasteiger partial charge in [-0.3, -0.25) is 4.79 Å². The van der Waals surface area contributed by atoms with Gasteiger partial charge in [-0.05, 0) is 65.4 Å². The van der Waals surface area contributed by atoms with E-state index in [1.165, 1.54) is 0 Å². The summed E-state index contributed by atoms with van der Waals surface area (Å²) >= 11 is 0. The van der Waals surface area contributed by atoms with Crippen molar-refractivity contribution in [3.05, 3.63) is 52.9 Å². The summed E-state index contributed by atoms with van der Waals surface area (Å²) < 4.78 is 0. The largest absolute Gasteiger partial charge is 0.354 e. The summed E-state index contributed by atoms with van der Waals surface area (Å²) in [5, 5.41) is 0. The van der Waals surface area contributed by atoms with Crippen molar-refractivity contribution in [3.8, 4) is 0 Å². The lowest BCUT2D eigenvalue weighted by atomic mass is 9.95. The van der Waals surface area contributed by atoms with Crippen molar-refractivity contribution < 1.29 is 4.79 Å². The lowest BCUT2D eigenvalue weighted by molar-refractivity contribution is -0.113. The van der Waals surface area contributed by atoms with Crippen LogP contribution >= 0.6 is 0 Å². The first-order valence-corrected chi connectivity index (χ1v) is 11.8. The number of aromatic nitrogens is 1. The van der Waals surface area contributed by atoms with E-state index in [9.17, 15) is 4.79 Å².